The molecule has 0 radical (unpaired) electrons. The topological polar surface area (TPSA) is 40.6 Å². The van der Waals surface area contributed by atoms with Gasteiger partial charge in [0.1, 0.15) is 0 Å². The van der Waals surface area contributed by atoms with Gasteiger partial charge in [-0.3, -0.25) is 4.57 Å². The van der Waals surface area contributed by atoms with Crippen LogP contribution in [0.4, 0.5) is 0 Å². The highest BCUT2D eigenvalue weighted by atomic mass is 32.1. The number of fused-ring (bicyclic) bond motifs is 16. The van der Waals surface area contributed by atoms with E-state index in [1.807, 2.05) is 11.3 Å². The summed E-state index contributed by atoms with van der Waals surface area (Å²) in [6, 6.07) is 100. The van der Waals surface area contributed by atoms with Gasteiger partial charge in [-0.15, -0.1) is 11.3 Å². The van der Waals surface area contributed by atoms with Crippen LogP contribution in [0.3, 0.4) is 0 Å². The summed E-state index contributed by atoms with van der Waals surface area (Å²) in [7, 11) is 0. The normalized spacial score (nSPS) is 12.9. The molecule has 1 aliphatic rings. The van der Waals surface area contributed by atoms with Gasteiger partial charge in [-0.1, -0.05) is 190 Å². The van der Waals surface area contributed by atoms with Crippen LogP contribution in [0.1, 0.15) is 25.0 Å². The minimum absolute atomic E-state index is 0.168. The van der Waals surface area contributed by atoms with Gasteiger partial charge in [0.05, 0.1) is 44.5 Å². The second-order valence-corrected chi connectivity index (χ2v) is 24.4. The number of nitrogens with zero attached hydrogens (tertiary/aromatic N) is 5. The summed E-state index contributed by atoms with van der Waals surface area (Å²) in [5.41, 5.74) is 23.0. The Hall–Kier alpha value is -10.7. The van der Waals surface area contributed by atoms with Crippen molar-refractivity contribution in [2.75, 3.05) is 0 Å². The fraction of sp³-hybridized carbons (Fsp3) is 0.0380. The van der Waals surface area contributed by atoms with Crippen LogP contribution in [-0.4, -0.2) is 23.7 Å². The quantitative estimate of drug-likeness (QED) is 0.160. The lowest BCUT2D eigenvalue weighted by Gasteiger charge is -2.23. The van der Waals surface area contributed by atoms with E-state index in [-0.39, 0.29) is 5.41 Å². The predicted octanol–water partition coefficient (Wildman–Crippen LogP) is 21.1. The summed E-state index contributed by atoms with van der Waals surface area (Å²) in [6.07, 6.45) is 0. The SMILES string of the molecule is CC1(C)c2ccccc2-c2ccc3c4cc(-c5ccc6sc7ccc(-c8ccc9c(c8)c8cc%10c(cc8n9-c8nc(-c9ccccc9)cc(-c9ccccc9)n8)c8ccccc8n%10-c8ccccc8)cc7c6c5)ccc4n(-c4ccccc4)c3c21. The molecule has 0 bridgehead atoms. The molecule has 17 aromatic rings. The minimum Gasteiger partial charge on any atom is -0.309 e. The molecule has 0 spiro atoms. The molecule has 0 saturated carbocycles. The largest absolute Gasteiger partial charge is 0.309 e. The van der Waals surface area contributed by atoms with Crippen molar-refractivity contribution in [1.29, 1.82) is 0 Å². The van der Waals surface area contributed by atoms with E-state index in [4.69, 9.17) is 9.97 Å². The highest BCUT2D eigenvalue weighted by Gasteiger charge is 2.38. The summed E-state index contributed by atoms with van der Waals surface area (Å²) < 4.78 is 9.76. The smallest absolute Gasteiger partial charge is 0.235 e. The first-order valence-electron chi connectivity index (χ1n) is 29.2. The molecular formula is C79H51N5S. The Bertz CT molecular complexity index is 5550. The molecule has 0 fully saturated rings. The van der Waals surface area contributed by atoms with Gasteiger partial charge in [0, 0.05) is 80.4 Å². The van der Waals surface area contributed by atoms with Gasteiger partial charge < -0.3 is 9.13 Å². The number of hydrogen-bond donors (Lipinski definition) is 0. The highest BCUT2D eigenvalue weighted by Crippen LogP contribution is 2.53. The minimum atomic E-state index is -0.168. The zero-order valence-electron chi connectivity index (χ0n) is 46.6. The van der Waals surface area contributed by atoms with Gasteiger partial charge in [0.15, 0.2) is 0 Å². The second-order valence-electron chi connectivity index (χ2n) is 23.3. The predicted molar refractivity (Wildman–Crippen MR) is 357 cm³/mol. The van der Waals surface area contributed by atoms with E-state index in [0.29, 0.717) is 5.95 Å². The van der Waals surface area contributed by atoms with Gasteiger partial charge >= 0.3 is 0 Å². The number of para-hydroxylation sites is 3. The summed E-state index contributed by atoms with van der Waals surface area (Å²) in [4.78, 5) is 10.9. The Morgan fingerprint density at radius 2 is 0.765 bits per heavy atom. The first-order valence-corrected chi connectivity index (χ1v) is 30.0. The van der Waals surface area contributed by atoms with E-state index in [2.05, 4.69) is 301 Å². The lowest BCUT2D eigenvalue weighted by molar-refractivity contribution is 0.664. The third-order valence-electron chi connectivity index (χ3n) is 18.2. The van der Waals surface area contributed by atoms with Crippen LogP contribution >= 0.6 is 11.3 Å². The monoisotopic (exact) mass is 1100 g/mol. The van der Waals surface area contributed by atoms with Crippen molar-refractivity contribution in [3.8, 4) is 73.2 Å². The zero-order valence-corrected chi connectivity index (χ0v) is 47.4. The highest BCUT2D eigenvalue weighted by molar-refractivity contribution is 7.25. The van der Waals surface area contributed by atoms with Crippen LogP contribution in [0.15, 0.2) is 273 Å². The average Bonchev–Trinajstić information content (AvgIpc) is 1.74. The molecule has 85 heavy (non-hydrogen) atoms. The molecule has 0 aliphatic heterocycles. The van der Waals surface area contributed by atoms with Crippen molar-refractivity contribution in [2.24, 2.45) is 0 Å². The van der Waals surface area contributed by atoms with Crippen LogP contribution in [0, 0.1) is 0 Å². The zero-order chi connectivity index (χ0) is 56.1. The van der Waals surface area contributed by atoms with Gasteiger partial charge in [0.2, 0.25) is 5.95 Å². The molecule has 6 heteroatoms. The van der Waals surface area contributed by atoms with E-state index >= 15 is 0 Å². The van der Waals surface area contributed by atoms with E-state index in [1.54, 1.807) is 0 Å². The van der Waals surface area contributed by atoms with Crippen LogP contribution in [0.2, 0.25) is 0 Å². The molecule has 12 aromatic carbocycles. The van der Waals surface area contributed by atoms with Gasteiger partial charge in [-0.25, -0.2) is 9.97 Å². The van der Waals surface area contributed by atoms with Crippen LogP contribution in [-0.2, 0) is 5.41 Å². The summed E-state index contributed by atoms with van der Waals surface area (Å²) in [6.45, 7) is 4.79. The molecule has 0 saturated heterocycles. The number of rotatable bonds is 7. The number of benzene rings is 12. The molecule has 5 nitrogen and oxygen atoms in total. The molecule has 5 heterocycles. The lowest BCUT2D eigenvalue weighted by atomic mass is 9.81. The van der Waals surface area contributed by atoms with Crippen molar-refractivity contribution < 1.29 is 0 Å². The average molecular weight is 1100 g/mol. The molecule has 0 atom stereocenters. The first kappa shape index (κ1) is 47.9. The molecule has 1 aliphatic carbocycles. The second kappa shape index (κ2) is 18.2. The van der Waals surface area contributed by atoms with Gasteiger partial charge in [0.25, 0.3) is 0 Å². The van der Waals surface area contributed by atoms with Crippen LogP contribution < -0.4 is 0 Å². The van der Waals surface area contributed by atoms with Crippen molar-refractivity contribution in [1.82, 2.24) is 23.7 Å². The van der Waals surface area contributed by atoms with Crippen molar-refractivity contribution in [2.45, 2.75) is 19.3 Å². The van der Waals surface area contributed by atoms with E-state index in [1.165, 1.54) is 97.4 Å². The third-order valence-corrected chi connectivity index (χ3v) is 19.4. The molecule has 0 unspecified atom stereocenters. The van der Waals surface area contributed by atoms with Gasteiger partial charge in [-0.05, 0) is 142 Å². The van der Waals surface area contributed by atoms with E-state index in [9.17, 15) is 0 Å². The Kier molecular flexibility index (Phi) is 10.2. The molecule has 0 amide bonds. The maximum Gasteiger partial charge on any atom is 0.235 e. The van der Waals surface area contributed by atoms with Crippen molar-refractivity contribution in [3.05, 3.63) is 284 Å². The lowest BCUT2D eigenvalue weighted by Crippen LogP contribution is -2.16. The van der Waals surface area contributed by atoms with Gasteiger partial charge in [-0.2, -0.15) is 0 Å². The fourth-order valence-electron chi connectivity index (χ4n) is 14.3. The van der Waals surface area contributed by atoms with Crippen LogP contribution in [0.5, 0.6) is 0 Å². The number of hydrogen-bond acceptors (Lipinski definition) is 3. The molecule has 18 rings (SSSR count). The molecule has 398 valence electrons. The Labute approximate surface area is 494 Å². The Morgan fingerprint density at radius 1 is 0.306 bits per heavy atom. The van der Waals surface area contributed by atoms with Crippen molar-refractivity contribution in [3.63, 3.8) is 0 Å². The summed E-state index contributed by atoms with van der Waals surface area (Å²) >= 11 is 1.86. The Balaban J connectivity index is 0.817. The Morgan fingerprint density at radius 3 is 1.39 bits per heavy atom. The molecule has 0 N–H and O–H groups in total. The molecular weight excluding hydrogens is 1050 g/mol. The third kappa shape index (κ3) is 7.16. The number of aromatic nitrogens is 5. The van der Waals surface area contributed by atoms with E-state index in [0.717, 1.165) is 66.6 Å². The number of thiophene rings is 1. The standard InChI is InChI=1S/C79H51N5S/c1-79(2)66-29-17-15-27-56(66)58-35-36-59-60-41-50(31-37-70(60)83(77(59)76(58)79)55-25-13-6-14-26-55)52-33-39-74-64(43-52)65-44-53(34-40-75(65)85-74)51-32-38-71-61(42-51)63-46-72-62(57-28-16-18-30-69(57)82(72)54-23-11-5-12-24-54)45-73(63)84(71)78-80-67(48-19-7-3-8-20-48)47-68(81-78)49-21-9-4-10-22-49/h3-47H,1-2H3. The molecule has 5 aromatic heterocycles. The summed E-state index contributed by atoms with van der Waals surface area (Å²) in [5.74, 6) is 0.626. The maximum atomic E-state index is 5.45. The van der Waals surface area contributed by atoms with E-state index < -0.39 is 0 Å². The maximum absolute atomic E-state index is 5.45. The fourth-order valence-corrected chi connectivity index (χ4v) is 15.4. The first-order chi connectivity index (χ1) is 41.9. The van der Waals surface area contributed by atoms with Crippen molar-refractivity contribution >= 4 is 96.9 Å². The summed E-state index contributed by atoms with van der Waals surface area (Å²) in [5, 5.41) is 9.69. The van der Waals surface area contributed by atoms with Crippen LogP contribution in [0.25, 0.3) is 159 Å².